The molecule has 27 heavy (non-hydrogen) atoms. The van der Waals surface area contributed by atoms with Gasteiger partial charge in [0.15, 0.2) is 0 Å². The summed E-state index contributed by atoms with van der Waals surface area (Å²) in [5.74, 6) is 0.759. The van der Waals surface area contributed by atoms with E-state index in [4.69, 9.17) is 21.6 Å². The Kier molecular flexibility index (Phi) is 5.07. The smallest absolute Gasteiger partial charge is 0.256 e. The van der Waals surface area contributed by atoms with Crippen LogP contribution >= 0.6 is 27.5 Å². The second kappa shape index (κ2) is 7.49. The molecule has 4 rings (SSSR count). The largest absolute Gasteiger partial charge is 0.490 e. The van der Waals surface area contributed by atoms with Crippen molar-refractivity contribution in [2.24, 2.45) is 0 Å². The molecule has 0 spiro atoms. The summed E-state index contributed by atoms with van der Waals surface area (Å²) in [6.07, 6.45) is 3.64. The van der Waals surface area contributed by atoms with Gasteiger partial charge in [0.25, 0.3) is 5.91 Å². The van der Waals surface area contributed by atoms with E-state index >= 15 is 0 Å². The van der Waals surface area contributed by atoms with Gasteiger partial charge >= 0.3 is 0 Å². The van der Waals surface area contributed by atoms with Gasteiger partial charge < -0.3 is 9.64 Å². The third-order valence-corrected chi connectivity index (χ3v) is 5.95. The van der Waals surface area contributed by atoms with Crippen molar-refractivity contribution in [2.45, 2.75) is 44.4 Å². The van der Waals surface area contributed by atoms with Crippen LogP contribution in [0.15, 0.2) is 34.9 Å². The molecule has 2 heterocycles. The van der Waals surface area contributed by atoms with E-state index in [9.17, 15) is 4.79 Å². The second-order valence-corrected chi connectivity index (χ2v) is 8.08. The highest BCUT2D eigenvalue weighted by atomic mass is 79.9. The summed E-state index contributed by atoms with van der Waals surface area (Å²) in [5.41, 5.74) is 2.00. The number of carbonyl (C=O) groups is 1. The van der Waals surface area contributed by atoms with Crippen LogP contribution in [-0.4, -0.2) is 27.9 Å². The Morgan fingerprint density at radius 3 is 2.70 bits per heavy atom. The molecule has 1 aliphatic heterocycles. The lowest BCUT2D eigenvalue weighted by atomic mass is 9.92. The maximum Gasteiger partial charge on any atom is 0.256 e. The van der Waals surface area contributed by atoms with Gasteiger partial charge in [0.05, 0.1) is 34.5 Å². The standard InChI is InChI=1S/C20H17BrClN3O2/c21-19-8-7-16-18(24-19)11-25(20(16)26)13-2-5-14(6-3-13)27-15-4-1-12(10-23)17(22)9-15/h1,4,7-9,13-14H,2-3,5-6,11H2/t13-,14-. The van der Waals surface area contributed by atoms with Crippen LogP contribution in [0.25, 0.3) is 0 Å². The fourth-order valence-corrected chi connectivity index (χ4v) is 4.36. The molecule has 0 saturated heterocycles. The average molecular weight is 447 g/mol. The molecule has 138 valence electrons. The first-order valence-electron chi connectivity index (χ1n) is 8.88. The zero-order valence-electron chi connectivity index (χ0n) is 14.5. The van der Waals surface area contributed by atoms with Gasteiger partial charge in [0.1, 0.15) is 16.4 Å². The monoisotopic (exact) mass is 445 g/mol. The third kappa shape index (κ3) is 3.67. The molecule has 1 aromatic carbocycles. The maximum atomic E-state index is 12.7. The number of ether oxygens (including phenoxy) is 1. The number of nitriles is 1. The maximum absolute atomic E-state index is 12.7. The summed E-state index contributed by atoms with van der Waals surface area (Å²) in [6.45, 7) is 0.578. The quantitative estimate of drug-likeness (QED) is 0.640. The molecule has 2 aromatic rings. The van der Waals surface area contributed by atoms with E-state index in [2.05, 4.69) is 20.9 Å². The minimum Gasteiger partial charge on any atom is -0.490 e. The summed E-state index contributed by atoms with van der Waals surface area (Å²) in [5, 5.41) is 9.36. The van der Waals surface area contributed by atoms with Gasteiger partial charge in [-0.15, -0.1) is 0 Å². The van der Waals surface area contributed by atoms with E-state index < -0.39 is 0 Å². The van der Waals surface area contributed by atoms with Crippen molar-refractivity contribution in [3.63, 3.8) is 0 Å². The molecule has 1 fully saturated rings. The number of amides is 1. The van der Waals surface area contributed by atoms with E-state index in [1.54, 1.807) is 18.2 Å². The van der Waals surface area contributed by atoms with Gasteiger partial charge in [-0.05, 0) is 65.9 Å². The van der Waals surface area contributed by atoms with Crippen LogP contribution in [0.2, 0.25) is 5.02 Å². The lowest BCUT2D eigenvalue weighted by molar-refractivity contribution is 0.0560. The lowest BCUT2D eigenvalue weighted by Crippen LogP contribution is -2.40. The van der Waals surface area contributed by atoms with Crippen LogP contribution in [0.4, 0.5) is 0 Å². The second-order valence-electron chi connectivity index (χ2n) is 6.86. The summed E-state index contributed by atoms with van der Waals surface area (Å²) < 4.78 is 6.79. The number of halogens is 2. The van der Waals surface area contributed by atoms with Gasteiger partial charge in [-0.3, -0.25) is 4.79 Å². The molecule has 5 nitrogen and oxygen atoms in total. The molecule has 0 N–H and O–H groups in total. The molecule has 0 radical (unpaired) electrons. The lowest BCUT2D eigenvalue weighted by Gasteiger charge is -2.34. The topological polar surface area (TPSA) is 66.2 Å². The number of fused-ring (bicyclic) bond motifs is 1. The molecule has 1 aliphatic carbocycles. The highest BCUT2D eigenvalue weighted by molar-refractivity contribution is 9.10. The predicted molar refractivity (Wildman–Crippen MR) is 105 cm³/mol. The Hall–Kier alpha value is -2.10. The van der Waals surface area contributed by atoms with E-state index in [0.29, 0.717) is 28.4 Å². The number of pyridine rings is 1. The fourth-order valence-electron chi connectivity index (χ4n) is 3.80. The molecule has 0 bridgehead atoms. The summed E-state index contributed by atoms with van der Waals surface area (Å²) in [6, 6.07) is 11.1. The van der Waals surface area contributed by atoms with Gasteiger partial charge in [-0.1, -0.05) is 11.6 Å². The molecule has 7 heteroatoms. The Bertz CT molecular complexity index is 935. The van der Waals surface area contributed by atoms with E-state index in [1.165, 1.54) is 0 Å². The predicted octanol–water partition coefficient (Wildman–Crippen LogP) is 4.72. The van der Waals surface area contributed by atoms with Crippen LogP contribution in [0.1, 0.15) is 47.3 Å². The summed E-state index contributed by atoms with van der Waals surface area (Å²) in [4.78, 5) is 19.1. The molecule has 1 amide bonds. The molecule has 0 unspecified atom stereocenters. The Morgan fingerprint density at radius 1 is 1.22 bits per heavy atom. The first-order valence-corrected chi connectivity index (χ1v) is 10.0. The SMILES string of the molecule is N#Cc1ccc(O[C@H]2CC[C@H](N3Cc4nc(Br)ccc4C3=O)CC2)cc1Cl. The Labute approximate surface area is 171 Å². The third-order valence-electron chi connectivity index (χ3n) is 5.20. The Balaban J connectivity index is 1.36. The van der Waals surface area contributed by atoms with Crippen molar-refractivity contribution in [3.05, 3.63) is 56.8 Å². The first kappa shape index (κ1) is 18.3. The number of aromatic nitrogens is 1. The van der Waals surface area contributed by atoms with Crippen molar-refractivity contribution >= 4 is 33.4 Å². The van der Waals surface area contributed by atoms with E-state index in [0.717, 1.165) is 36.0 Å². The van der Waals surface area contributed by atoms with Gasteiger partial charge in [-0.2, -0.15) is 5.26 Å². The molecule has 1 aromatic heterocycles. The van der Waals surface area contributed by atoms with Crippen molar-refractivity contribution < 1.29 is 9.53 Å². The van der Waals surface area contributed by atoms with Crippen LogP contribution in [0.3, 0.4) is 0 Å². The van der Waals surface area contributed by atoms with Crippen molar-refractivity contribution in [2.75, 3.05) is 0 Å². The summed E-state index contributed by atoms with van der Waals surface area (Å²) >= 11 is 9.44. The minimum atomic E-state index is 0.0771. The van der Waals surface area contributed by atoms with Crippen LogP contribution in [0, 0.1) is 11.3 Å². The van der Waals surface area contributed by atoms with Gasteiger partial charge in [0.2, 0.25) is 0 Å². The van der Waals surface area contributed by atoms with E-state index in [-0.39, 0.29) is 18.1 Å². The Morgan fingerprint density at radius 2 is 2.00 bits per heavy atom. The average Bonchev–Trinajstić information content (AvgIpc) is 2.98. The van der Waals surface area contributed by atoms with Crippen molar-refractivity contribution in [1.82, 2.24) is 9.88 Å². The highest BCUT2D eigenvalue weighted by Gasteiger charge is 2.36. The van der Waals surface area contributed by atoms with Gasteiger partial charge in [-0.25, -0.2) is 4.98 Å². The van der Waals surface area contributed by atoms with Crippen molar-refractivity contribution in [3.8, 4) is 11.8 Å². The number of benzene rings is 1. The van der Waals surface area contributed by atoms with Crippen LogP contribution in [-0.2, 0) is 6.54 Å². The number of carbonyl (C=O) groups excluding carboxylic acids is 1. The van der Waals surface area contributed by atoms with Crippen LogP contribution in [0.5, 0.6) is 5.75 Å². The van der Waals surface area contributed by atoms with E-state index in [1.807, 2.05) is 23.1 Å². The van der Waals surface area contributed by atoms with Gasteiger partial charge in [0, 0.05) is 12.1 Å². The zero-order chi connectivity index (χ0) is 19.0. The zero-order valence-corrected chi connectivity index (χ0v) is 16.8. The molecule has 2 aliphatic rings. The minimum absolute atomic E-state index is 0.0771. The number of nitrogens with zero attached hydrogens (tertiary/aromatic N) is 3. The molecule has 0 atom stereocenters. The first-order chi connectivity index (χ1) is 13.0. The van der Waals surface area contributed by atoms with Crippen molar-refractivity contribution in [1.29, 1.82) is 5.26 Å². The number of hydrogen-bond donors (Lipinski definition) is 0. The molecule has 1 saturated carbocycles. The normalized spacial score (nSPS) is 21.7. The summed E-state index contributed by atoms with van der Waals surface area (Å²) in [7, 11) is 0. The number of hydrogen-bond acceptors (Lipinski definition) is 4. The molecular weight excluding hydrogens is 430 g/mol. The fraction of sp³-hybridized carbons (Fsp3) is 0.350. The molecular formula is C20H17BrClN3O2. The number of rotatable bonds is 3. The highest BCUT2D eigenvalue weighted by Crippen LogP contribution is 2.33. The van der Waals surface area contributed by atoms with Crippen LogP contribution < -0.4 is 4.74 Å².